The molecule has 1 aromatic carbocycles. The Kier molecular flexibility index (Phi) is 6.30. The second-order valence-electron chi connectivity index (χ2n) is 7.74. The Labute approximate surface area is 175 Å². The Morgan fingerprint density at radius 3 is 2.62 bits per heavy atom. The van der Waals surface area contributed by atoms with Crippen LogP contribution in [-0.2, 0) is 9.59 Å². The van der Waals surface area contributed by atoms with Crippen LogP contribution >= 0.6 is 11.8 Å². The average molecular weight is 409 g/mol. The van der Waals surface area contributed by atoms with Crippen molar-refractivity contribution in [3.63, 3.8) is 0 Å². The first-order chi connectivity index (χ1) is 13.9. The minimum atomic E-state index is -0.856. The van der Waals surface area contributed by atoms with Gasteiger partial charge in [-0.3, -0.25) is 9.59 Å². The zero-order valence-electron chi connectivity index (χ0n) is 16.7. The summed E-state index contributed by atoms with van der Waals surface area (Å²) < 4.78 is 0. The largest absolute Gasteiger partial charge is 0.325 e. The van der Waals surface area contributed by atoms with Gasteiger partial charge < -0.3 is 10.6 Å². The fraction of sp³-hybridized carbons (Fsp3) is 0.455. The lowest BCUT2D eigenvalue weighted by molar-refractivity contribution is -0.126. The van der Waals surface area contributed by atoms with E-state index < -0.39 is 11.3 Å². The molecule has 0 unspecified atom stereocenters. The zero-order valence-corrected chi connectivity index (χ0v) is 17.5. The molecule has 0 bridgehead atoms. The first kappa shape index (κ1) is 21.0. The van der Waals surface area contributed by atoms with Crippen molar-refractivity contribution in [1.82, 2.24) is 5.32 Å². The van der Waals surface area contributed by atoms with E-state index in [1.165, 1.54) is 0 Å². The molecule has 1 aromatic rings. The number of hydrogen-bond acceptors (Lipinski definition) is 5. The van der Waals surface area contributed by atoms with Crippen LogP contribution in [0, 0.1) is 47.8 Å². The fourth-order valence-electron chi connectivity index (χ4n) is 4.32. The monoisotopic (exact) mass is 408 g/mol. The summed E-state index contributed by atoms with van der Waals surface area (Å²) in [6.07, 6.45) is 4.13. The van der Waals surface area contributed by atoms with Gasteiger partial charge in [-0.2, -0.15) is 10.5 Å². The van der Waals surface area contributed by atoms with E-state index >= 15 is 0 Å². The highest BCUT2D eigenvalue weighted by Crippen LogP contribution is 2.51. The number of hydrogen-bond donors (Lipinski definition) is 2. The molecule has 1 heterocycles. The van der Waals surface area contributed by atoms with Crippen molar-refractivity contribution in [3.8, 4) is 12.1 Å². The summed E-state index contributed by atoms with van der Waals surface area (Å²) in [4.78, 5) is 25.0. The number of benzene rings is 1. The molecule has 2 aliphatic rings. The van der Waals surface area contributed by atoms with Gasteiger partial charge in [0.1, 0.15) is 5.92 Å². The van der Waals surface area contributed by atoms with E-state index in [2.05, 4.69) is 22.8 Å². The molecule has 0 aromatic heterocycles. The van der Waals surface area contributed by atoms with Crippen LogP contribution in [0.4, 0.5) is 5.69 Å². The lowest BCUT2D eigenvalue weighted by Crippen LogP contribution is -2.48. The molecular weight excluding hydrogens is 384 g/mol. The summed E-state index contributed by atoms with van der Waals surface area (Å²) in [5.41, 5.74) is 2.57. The second kappa shape index (κ2) is 8.71. The molecule has 29 heavy (non-hydrogen) atoms. The number of carbonyl (C=O) groups is 2. The number of rotatable bonds is 4. The Bertz CT molecular complexity index is 949. The molecule has 7 heteroatoms. The molecule has 150 valence electrons. The number of nitrogens with zero attached hydrogens (tertiary/aromatic N) is 2. The first-order valence-electron chi connectivity index (χ1n) is 9.76. The molecule has 0 radical (unpaired) electrons. The molecule has 1 atom stereocenters. The zero-order chi connectivity index (χ0) is 21.0. The smallest absolute Gasteiger partial charge is 0.243 e. The van der Waals surface area contributed by atoms with E-state index in [0.717, 1.165) is 47.8 Å². The number of amides is 2. The van der Waals surface area contributed by atoms with Crippen molar-refractivity contribution in [2.45, 2.75) is 46.0 Å². The van der Waals surface area contributed by atoms with Gasteiger partial charge >= 0.3 is 0 Å². The van der Waals surface area contributed by atoms with Crippen molar-refractivity contribution < 1.29 is 9.59 Å². The number of allylic oxidation sites excluding steroid dienone is 1. The van der Waals surface area contributed by atoms with E-state index in [-0.39, 0.29) is 17.6 Å². The molecule has 0 saturated heterocycles. The number of carbonyl (C=O) groups excluding carboxylic acids is 2. The van der Waals surface area contributed by atoms with Gasteiger partial charge in [0, 0.05) is 11.1 Å². The van der Waals surface area contributed by atoms with E-state index in [9.17, 15) is 20.1 Å². The minimum Gasteiger partial charge on any atom is -0.325 e. The SMILES string of the molecule is Cc1ccc(NC(=O)CSC2=C(C#N)C3(CCCCC3)[C@@H](C#N)C(=O)N2)c(C)c1. The van der Waals surface area contributed by atoms with Crippen molar-refractivity contribution in [2.75, 3.05) is 11.1 Å². The Hall–Kier alpha value is -2.77. The topological polar surface area (TPSA) is 106 Å². The van der Waals surface area contributed by atoms with E-state index in [4.69, 9.17) is 0 Å². The van der Waals surface area contributed by atoms with Crippen molar-refractivity contribution in [2.24, 2.45) is 11.3 Å². The minimum absolute atomic E-state index is 0.0708. The molecule has 1 saturated carbocycles. The summed E-state index contributed by atoms with van der Waals surface area (Å²) in [5.74, 6) is -1.36. The third-order valence-corrected chi connectivity index (χ3v) is 6.77. The van der Waals surface area contributed by atoms with E-state index in [1.807, 2.05) is 32.0 Å². The third kappa shape index (κ3) is 4.16. The maximum atomic E-state index is 12.6. The Balaban J connectivity index is 1.79. The van der Waals surface area contributed by atoms with Gasteiger partial charge in [0.25, 0.3) is 0 Å². The molecule has 1 spiro atoms. The lowest BCUT2D eigenvalue weighted by Gasteiger charge is -2.43. The van der Waals surface area contributed by atoms with Gasteiger partial charge in [-0.15, -0.1) is 0 Å². The van der Waals surface area contributed by atoms with Gasteiger partial charge in [-0.1, -0.05) is 48.7 Å². The summed E-state index contributed by atoms with van der Waals surface area (Å²) in [5, 5.41) is 25.5. The summed E-state index contributed by atoms with van der Waals surface area (Å²) in [6, 6.07) is 10.2. The van der Waals surface area contributed by atoms with Crippen molar-refractivity contribution in [1.29, 1.82) is 10.5 Å². The van der Waals surface area contributed by atoms with Crippen LogP contribution in [0.5, 0.6) is 0 Å². The van der Waals surface area contributed by atoms with Crippen LogP contribution in [0.1, 0.15) is 43.2 Å². The standard InChI is InChI=1S/C22H24N4O2S/c1-14-6-7-18(15(2)10-14)25-19(27)13-29-21-17(12-24)22(8-4-3-5-9-22)16(11-23)20(28)26-21/h6-7,10,16H,3-5,8-9,13H2,1-2H3,(H,25,27)(H,26,28)/t16-/m0/s1. The molecule has 3 rings (SSSR count). The van der Waals surface area contributed by atoms with Gasteiger partial charge in [0.2, 0.25) is 11.8 Å². The van der Waals surface area contributed by atoms with Crippen molar-refractivity contribution in [3.05, 3.63) is 39.9 Å². The quantitative estimate of drug-likeness (QED) is 0.785. The number of aryl methyl sites for hydroxylation is 2. The molecular formula is C22H24N4O2S. The van der Waals surface area contributed by atoms with Crippen LogP contribution in [0.2, 0.25) is 0 Å². The normalized spacial score (nSPS) is 20.6. The van der Waals surface area contributed by atoms with Crippen LogP contribution in [0.3, 0.4) is 0 Å². The van der Waals surface area contributed by atoms with Gasteiger partial charge in [-0.05, 0) is 38.3 Å². The lowest BCUT2D eigenvalue weighted by atomic mass is 9.61. The molecule has 1 aliphatic carbocycles. The predicted octanol–water partition coefficient (Wildman–Crippen LogP) is 3.93. The molecule has 6 nitrogen and oxygen atoms in total. The van der Waals surface area contributed by atoms with Crippen LogP contribution < -0.4 is 10.6 Å². The average Bonchev–Trinajstić information content (AvgIpc) is 2.69. The number of nitrogens with one attached hydrogen (secondary N) is 2. The van der Waals surface area contributed by atoms with Crippen LogP contribution in [0.15, 0.2) is 28.8 Å². The predicted molar refractivity (Wildman–Crippen MR) is 112 cm³/mol. The van der Waals surface area contributed by atoms with Gasteiger partial charge in [0.05, 0.1) is 28.5 Å². The summed E-state index contributed by atoms with van der Waals surface area (Å²) in [7, 11) is 0. The molecule has 2 amide bonds. The van der Waals surface area contributed by atoms with Crippen molar-refractivity contribution >= 4 is 29.3 Å². The van der Waals surface area contributed by atoms with Crippen LogP contribution in [0.25, 0.3) is 0 Å². The highest BCUT2D eigenvalue weighted by molar-refractivity contribution is 8.03. The highest BCUT2D eigenvalue weighted by atomic mass is 32.2. The molecule has 1 fully saturated rings. The molecule has 2 N–H and O–H groups in total. The Morgan fingerprint density at radius 1 is 1.28 bits per heavy atom. The number of nitriles is 2. The van der Waals surface area contributed by atoms with E-state index in [1.54, 1.807) is 0 Å². The molecule has 1 aliphatic heterocycles. The third-order valence-electron chi connectivity index (χ3n) is 5.77. The maximum Gasteiger partial charge on any atom is 0.243 e. The number of anilines is 1. The highest BCUT2D eigenvalue weighted by Gasteiger charge is 2.51. The van der Waals surface area contributed by atoms with E-state index in [0.29, 0.717) is 23.4 Å². The summed E-state index contributed by atoms with van der Waals surface area (Å²) in [6.45, 7) is 3.92. The summed E-state index contributed by atoms with van der Waals surface area (Å²) >= 11 is 1.15. The fourth-order valence-corrected chi connectivity index (χ4v) is 5.23. The van der Waals surface area contributed by atoms with Crippen LogP contribution in [-0.4, -0.2) is 17.6 Å². The first-order valence-corrected chi connectivity index (χ1v) is 10.7. The maximum absolute atomic E-state index is 12.6. The Morgan fingerprint density at radius 2 is 2.00 bits per heavy atom. The second-order valence-corrected chi connectivity index (χ2v) is 8.72. The number of thioether (sulfide) groups is 1. The van der Waals surface area contributed by atoms with Gasteiger partial charge in [0.15, 0.2) is 0 Å². The van der Waals surface area contributed by atoms with Gasteiger partial charge in [-0.25, -0.2) is 0 Å².